The van der Waals surface area contributed by atoms with E-state index in [0.29, 0.717) is 19.4 Å². The maximum atomic E-state index is 13.6. The summed E-state index contributed by atoms with van der Waals surface area (Å²) >= 11 is 0. The lowest BCUT2D eigenvalue weighted by Crippen LogP contribution is -2.59. The molecule has 1 aromatic rings. The predicted molar refractivity (Wildman–Crippen MR) is 133 cm³/mol. The Morgan fingerprint density at radius 1 is 1.17 bits per heavy atom. The Morgan fingerprint density at radius 3 is 2.54 bits per heavy atom. The van der Waals surface area contributed by atoms with Crippen molar-refractivity contribution < 1.29 is 23.9 Å². The fourth-order valence-electron chi connectivity index (χ4n) is 4.12. The van der Waals surface area contributed by atoms with Gasteiger partial charge in [0.15, 0.2) is 0 Å². The molecule has 4 N–H and O–H groups in total. The summed E-state index contributed by atoms with van der Waals surface area (Å²) in [7, 11) is 1.30. The standard InChI is InChI=1S/C26H38N4O5/c1-4-5-7-14-20(27)24(32)28-18(2)23(31)29-21(17-19-12-8-6-9-13-19)25(33)30-16-11-10-15-22(30)26(34)35-3/h4,6,8-9,12-13,18,20-22H,1,5,7,10-11,14-17,27H2,2-3H3,(H,28,32)(H,29,31)/t18-,20-,21-,22+/m0/s1. The van der Waals surface area contributed by atoms with Crippen LogP contribution in [0, 0.1) is 0 Å². The van der Waals surface area contributed by atoms with Crippen LogP contribution >= 0.6 is 0 Å². The molecule has 0 saturated carbocycles. The summed E-state index contributed by atoms with van der Waals surface area (Å²) in [4.78, 5) is 52.7. The lowest BCUT2D eigenvalue weighted by Gasteiger charge is -2.36. The van der Waals surface area contributed by atoms with Crippen molar-refractivity contribution >= 4 is 23.7 Å². The minimum Gasteiger partial charge on any atom is -0.467 e. The highest BCUT2D eigenvalue weighted by Gasteiger charge is 2.37. The first kappa shape index (κ1) is 28.0. The predicted octanol–water partition coefficient (Wildman–Crippen LogP) is 1.46. The number of rotatable bonds is 12. The van der Waals surface area contributed by atoms with Crippen molar-refractivity contribution in [3.63, 3.8) is 0 Å². The molecule has 9 nitrogen and oxygen atoms in total. The molecule has 0 radical (unpaired) electrons. The summed E-state index contributed by atoms with van der Waals surface area (Å²) in [5.74, 6) is -1.74. The third-order valence-electron chi connectivity index (χ3n) is 6.17. The molecule has 1 aliphatic heterocycles. The van der Waals surface area contributed by atoms with Gasteiger partial charge >= 0.3 is 5.97 Å². The second kappa shape index (κ2) is 14.3. The molecule has 192 valence electrons. The lowest BCUT2D eigenvalue weighted by molar-refractivity contribution is -0.155. The number of piperidine rings is 1. The summed E-state index contributed by atoms with van der Waals surface area (Å²) in [6.45, 7) is 5.60. The number of nitrogens with two attached hydrogens (primary N) is 1. The number of unbranched alkanes of at least 4 members (excludes halogenated alkanes) is 1. The van der Waals surface area contributed by atoms with E-state index in [9.17, 15) is 19.2 Å². The molecule has 0 unspecified atom stereocenters. The number of ether oxygens (including phenoxy) is 1. The molecule has 1 saturated heterocycles. The molecule has 1 aromatic carbocycles. The zero-order valence-corrected chi connectivity index (χ0v) is 20.7. The molecular formula is C26H38N4O5. The van der Waals surface area contributed by atoms with Crippen molar-refractivity contribution in [1.29, 1.82) is 0 Å². The number of likely N-dealkylation sites (tertiary alicyclic amines) is 1. The average molecular weight is 487 g/mol. The van der Waals surface area contributed by atoms with Gasteiger partial charge in [-0.2, -0.15) is 0 Å². The van der Waals surface area contributed by atoms with Gasteiger partial charge in [-0.15, -0.1) is 6.58 Å². The Hall–Kier alpha value is -3.20. The first-order valence-electron chi connectivity index (χ1n) is 12.2. The van der Waals surface area contributed by atoms with E-state index < -0.39 is 42.0 Å². The lowest BCUT2D eigenvalue weighted by atomic mass is 9.98. The molecule has 9 heteroatoms. The van der Waals surface area contributed by atoms with Crippen LogP contribution in [0.5, 0.6) is 0 Å². The fraction of sp³-hybridized carbons (Fsp3) is 0.538. The third kappa shape index (κ3) is 8.51. The van der Waals surface area contributed by atoms with E-state index in [1.807, 2.05) is 30.3 Å². The van der Waals surface area contributed by atoms with E-state index in [1.54, 1.807) is 13.0 Å². The molecule has 2 rings (SSSR count). The maximum Gasteiger partial charge on any atom is 0.328 e. The van der Waals surface area contributed by atoms with Crippen molar-refractivity contribution in [3.8, 4) is 0 Å². The first-order chi connectivity index (χ1) is 16.8. The van der Waals surface area contributed by atoms with Crippen molar-refractivity contribution in [2.75, 3.05) is 13.7 Å². The number of hydrogen-bond donors (Lipinski definition) is 3. The number of nitrogens with one attached hydrogen (secondary N) is 2. The van der Waals surface area contributed by atoms with E-state index in [0.717, 1.165) is 31.2 Å². The van der Waals surface area contributed by atoms with E-state index in [1.165, 1.54) is 12.0 Å². The summed E-state index contributed by atoms with van der Waals surface area (Å²) in [6.07, 6.45) is 6.06. The Morgan fingerprint density at radius 2 is 1.89 bits per heavy atom. The number of carbonyl (C=O) groups is 4. The Bertz CT molecular complexity index is 876. The molecule has 1 fully saturated rings. The van der Waals surface area contributed by atoms with Crippen LogP contribution in [0.15, 0.2) is 43.0 Å². The summed E-state index contributed by atoms with van der Waals surface area (Å²) in [5.41, 5.74) is 6.79. The average Bonchev–Trinajstić information content (AvgIpc) is 2.87. The highest BCUT2D eigenvalue weighted by molar-refractivity contribution is 5.94. The number of hydrogen-bond acceptors (Lipinski definition) is 6. The van der Waals surface area contributed by atoms with Crippen LogP contribution in [0.2, 0.25) is 0 Å². The molecule has 0 spiro atoms. The van der Waals surface area contributed by atoms with Crippen molar-refractivity contribution in [3.05, 3.63) is 48.6 Å². The van der Waals surface area contributed by atoms with Gasteiger partial charge in [0.1, 0.15) is 18.1 Å². The third-order valence-corrected chi connectivity index (χ3v) is 6.17. The van der Waals surface area contributed by atoms with Gasteiger partial charge in [0.25, 0.3) is 0 Å². The molecule has 35 heavy (non-hydrogen) atoms. The SMILES string of the molecule is C=CCCC[C@H](N)C(=O)N[C@@H](C)C(=O)N[C@@H](Cc1ccccc1)C(=O)N1CCCC[C@@H]1C(=O)OC. The second-order valence-corrected chi connectivity index (χ2v) is 8.87. The van der Waals surface area contributed by atoms with Crippen LogP contribution in [0.4, 0.5) is 0 Å². The minimum absolute atomic E-state index is 0.248. The highest BCUT2D eigenvalue weighted by atomic mass is 16.5. The number of carbonyl (C=O) groups excluding carboxylic acids is 4. The Labute approximate surface area is 207 Å². The van der Waals surface area contributed by atoms with Crippen LogP contribution in [0.1, 0.15) is 51.0 Å². The number of allylic oxidation sites excluding steroid dienone is 1. The van der Waals surface area contributed by atoms with Crippen molar-refractivity contribution in [2.24, 2.45) is 5.73 Å². The van der Waals surface area contributed by atoms with E-state index in [2.05, 4.69) is 17.2 Å². The number of nitrogens with zero attached hydrogens (tertiary/aromatic N) is 1. The molecule has 1 aliphatic rings. The number of methoxy groups -OCH3 is 1. The monoisotopic (exact) mass is 486 g/mol. The molecule has 3 amide bonds. The van der Waals surface area contributed by atoms with Crippen LogP contribution in [0.3, 0.4) is 0 Å². The normalized spacial score (nSPS) is 18.0. The van der Waals surface area contributed by atoms with Gasteiger partial charge in [-0.25, -0.2) is 4.79 Å². The Balaban J connectivity index is 2.12. The fourth-order valence-corrected chi connectivity index (χ4v) is 4.12. The number of benzene rings is 1. The molecule has 0 aliphatic carbocycles. The highest BCUT2D eigenvalue weighted by Crippen LogP contribution is 2.20. The van der Waals surface area contributed by atoms with Gasteiger partial charge in [0.2, 0.25) is 17.7 Å². The number of esters is 1. The Kier molecular flexibility index (Phi) is 11.4. The molecule has 4 atom stereocenters. The van der Waals surface area contributed by atoms with Crippen LogP contribution in [-0.2, 0) is 30.3 Å². The largest absolute Gasteiger partial charge is 0.467 e. The second-order valence-electron chi connectivity index (χ2n) is 8.87. The van der Waals surface area contributed by atoms with Gasteiger partial charge in [-0.05, 0) is 51.0 Å². The van der Waals surface area contributed by atoms with Gasteiger partial charge < -0.3 is 26.0 Å². The minimum atomic E-state index is -0.907. The van der Waals surface area contributed by atoms with E-state index in [4.69, 9.17) is 10.5 Å². The molecular weight excluding hydrogens is 448 g/mol. The van der Waals surface area contributed by atoms with Gasteiger partial charge in [-0.1, -0.05) is 36.4 Å². The summed E-state index contributed by atoms with van der Waals surface area (Å²) in [5, 5.41) is 5.41. The molecule has 0 aromatic heterocycles. The van der Waals surface area contributed by atoms with E-state index in [-0.39, 0.29) is 12.3 Å². The van der Waals surface area contributed by atoms with Crippen molar-refractivity contribution in [2.45, 2.75) is 76.0 Å². The first-order valence-corrected chi connectivity index (χ1v) is 12.2. The van der Waals surface area contributed by atoms with Crippen LogP contribution in [-0.4, -0.2) is 66.4 Å². The summed E-state index contributed by atoms with van der Waals surface area (Å²) < 4.78 is 4.90. The molecule has 0 bridgehead atoms. The quantitative estimate of drug-likeness (QED) is 0.233. The van der Waals surface area contributed by atoms with Gasteiger partial charge in [-0.3, -0.25) is 14.4 Å². The smallest absolute Gasteiger partial charge is 0.328 e. The van der Waals surface area contributed by atoms with Gasteiger partial charge in [0, 0.05) is 13.0 Å². The number of amides is 3. The maximum absolute atomic E-state index is 13.6. The summed E-state index contributed by atoms with van der Waals surface area (Å²) in [6, 6.07) is 6.10. The van der Waals surface area contributed by atoms with Crippen LogP contribution in [0.25, 0.3) is 0 Å². The van der Waals surface area contributed by atoms with Crippen molar-refractivity contribution in [1.82, 2.24) is 15.5 Å². The topological polar surface area (TPSA) is 131 Å². The zero-order valence-electron chi connectivity index (χ0n) is 20.7. The van der Waals surface area contributed by atoms with E-state index >= 15 is 0 Å². The van der Waals surface area contributed by atoms with Gasteiger partial charge in [0.05, 0.1) is 13.2 Å². The zero-order chi connectivity index (χ0) is 25.8. The van der Waals surface area contributed by atoms with Crippen LogP contribution < -0.4 is 16.4 Å². The molecule has 1 heterocycles.